The maximum atomic E-state index is 12.8. The molecule has 0 unspecified atom stereocenters. The van der Waals surface area contributed by atoms with Crippen LogP contribution >= 0.6 is 0 Å². The summed E-state index contributed by atoms with van der Waals surface area (Å²) in [4.78, 5) is 33.9. The Kier molecular flexibility index (Phi) is 5.73. The summed E-state index contributed by atoms with van der Waals surface area (Å²) < 4.78 is 7.18. The molecular formula is C21H24N6O3. The van der Waals surface area contributed by atoms with Gasteiger partial charge < -0.3 is 15.0 Å². The number of hydrogen-bond acceptors (Lipinski definition) is 7. The summed E-state index contributed by atoms with van der Waals surface area (Å²) in [6.45, 7) is 5.60. The maximum Gasteiger partial charge on any atom is 0.254 e. The highest BCUT2D eigenvalue weighted by Gasteiger charge is 2.23. The highest BCUT2D eigenvalue weighted by molar-refractivity contribution is 5.96. The van der Waals surface area contributed by atoms with Crippen LogP contribution in [0.4, 0.5) is 5.95 Å². The molecule has 30 heavy (non-hydrogen) atoms. The Hall–Kier alpha value is -3.30. The molecule has 0 aliphatic carbocycles. The van der Waals surface area contributed by atoms with Gasteiger partial charge in [0.15, 0.2) is 5.65 Å². The number of ether oxygens (including phenoxy) is 1. The molecule has 4 rings (SSSR count). The van der Waals surface area contributed by atoms with Crippen LogP contribution in [0.3, 0.4) is 0 Å². The zero-order valence-corrected chi connectivity index (χ0v) is 16.8. The van der Waals surface area contributed by atoms with Gasteiger partial charge in [-0.1, -0.05) is 25.1 Å². The summed E-state index contributed by atoms with van der Waals surface area (Å²) in [5.74, 6) is -0.279. The lowest BCUT2D eigenvalue weighted by molar-refractivity contribution is 0.0308. The van der Waals surface area contributed by atoms with E-state index in [1.165, 1.54) is 12.4 Å². The molecule has 156 valence electrons. The van der Waals surface area contributed by atoms with Crippen molar-refractivity contribution < 1.29 is 9.53 Å². The lowest BCUT2D eigenvalue weighted by Crippen LogP contribution is -2.50. The predicted molar refractivity (Wildman–Crippen MR) is 114 cm³/mol. The van der Waals surface area contributed by atoms with E-state index in [4.69, 9.17) is 15.5 Å². The number of anilines is 1. The lowest BCUT2D eigenvalue weighted by atomic mass is 10.2. The topological polar surface area (TPSA) is 107 Å². The minimum Gasteiger partial charge on any atom is -0.379 e. The van der Waals surface area contributed by atoms with Crippen molar-refractivity contribution in [3.8, 4) is 5.69 Å². The number of amides is 1. The van der Waals surface area contributed by atoms with Crippen LogP contribution in [0.1, 0.15) is 23.7 Å². The van der Waals surface area contributed by atoms with E-state index in [1.54, 1.807) is 4.57 Å². The fraction of sp³-hybridized carbons (Fsp3) is 0.333. The van der Waals surface area contributed by atoms with E-state index in [0.29, 0.717) is 24.8 Å². The van der Waals surface area contributed by atoms with Crippen LogP contribution in [0.15, 0.2) is 47.5 Å². The molecule has 3 aromatic rings. The molecule has 1 aromatic carbocycles. The summed E-state index contributed by atoms with van der Waals surface area (Å²) in [5, 5.41) is 4.44. The number of pyridine rings is 1. The lowest BCUT2D eigenvalue weighted by Gasteiger charge is -2.37. The predicted octanol–water partition coefficient (Wildman–Crippen LogP) is 1.34. The van der Waals surface area contributed by atoms with Crippen molar-refractivity contribution in [3.05, 3.63) is 58.5 Å². The summed E-state index contributed by atoms with van der Waals surface area (Å²) in [6, 6.07) is 9.40. The number of carbonyl (C=O) groups excluding carboxylic acids is 1. The van der Waals surface area contributed by atoms with Crippen LogP contribution in [-0.4, -0.2) is 58.3 Å². The zero-order valence-electron chi connectivity index (χ0n) is 16.8. The van der Waals surface area contributed by atoms with Gasteiger partial charge in [0.05, 0.1) is 18.6 Å². The molecule has 1 aliphatic rings. The van der Waals surface area contributed by atoms with Crippen LogP contribution in [-0.2, 0) is 4.74 Å². The Labute approximate surface area is 173 Å². The highest BCUT2D eigenvalue weighted by Crippen LogP contribution is 2.20. The summed E-state index contributed by atoms with van der Waals surface area (Å²) in [7, 11) is 0. The van der Waals surface area contributed by atoms with Gasteiger partial charge in [-0.2, -0.15) is 4.98 Å². The van der Waals surface area contributed by atoms with E-state index in [0.717, 1.165) is 31.7 Å². The van der Waals surface area contributed by atoms with E-state index in [9.17, 15) is 9.59 Å². The molecule has 0 radical (unpaired) electrons. The largest absolute Gasteiger partial charge is 0.379 e. The first-order valence-corrected chi connectivity index (χ1v) is 9.98. The van der Waals surface area contributed by atoms with Gasteiger partial charge in [-0.3, -0.25) is 14.6 Å². The SMILES string of the molecule is CCCN(c1ncc2c(=O)c(C(N)=O)cn(-c3ccccc3)c2n1)N1CCOCC1. The Bertz CT molecular complexity index is 1110. The normalized spacial score (nSPS) is 14.7. The van der Waals surface area contributed by atoms with Gasteiger partial charge in [0, 0.05) is 37.7 Å². The molecule has 1 fully saturated rings. The molecule has 0 atom stereocenters. The van der Waals surface area contributed by atoms with Crippen molar-refractivity contribution in [3.63, 3.8) is 0 Å². The molecule has 1 amide bonds. The number of para-hydroxylation sites is 1. The molecule has 2 N–H and O–H groups in total. The van der Waals surface area contributed by atoms with Crippen LogP contribution in [0, 0.1) is 0 Å². The van der Waals surface area contributed by atoms with Crippen LogP contribution in [0.5, 0.6) is 0 Å². The molecule has 9 heteroatoms. The minimum atomic E-state index is -0.781. The number of hydrogen-bond donors (Lipinski definition) is 1. The number of morpholine rings is 1. The third-order valence-electron chi connectivity index (χ3n) is 5.03. The molecule has 0 bridgehead atoms. The summed E-state index contributed by atoms with van der Waals surface area (Å²) >= 11 is 0. The second-order valence-corrected chi connectivity index (χ2v) is 7.04. The van der Waals surface area contributed by atoms with Crippen molar-refractivity contribution in [1.82, 2.24) is 19.5 Å². The number of nitrogens with zero attached hydrogens (tertiary/aromatic N) is 5. The Balaban J connectivity index is 1.91. The first-order chi connectivity index (χ1) is 14.6. The minimum absolute atomic E-state index is 0.0960. The first-order valence-electron chi connectivity index (χ1n) is 9.98. The average Bonchev–Trinajstić information content (AvgIpc) is 2.78. The number of carbonyl (C=O) groups is 1. The number of rotatable bonds is 6. The molecule has 0 saturated carbocycles. The summed E-state index contributed by atoms with van der Waals surface area (Å²) in [5.41, 5.74) is 6.08. The molecular weight excluding hydrogens is 384 g/mol. The van der Waals surface area contributed by atoms with Gasteiger partial charge in [-0.05, 0) is 18.6 Å². The van der Waals surface area contributed by atoms with Crippen molar-refractivity contribution in [2.75, 3.05) is 37.9 Å². The van der Waals surface area contributed by atoms with Gasteiger partial charge in [0.1, 0.15) is 5.56 Å². The quantitative estimate of drug-likeness (QED) is 0.656. The number of hydrazine groups is 1. The molecule has 9 nitrogen and oxygen atoms in total. The van der Waals surface area contributed by atoms with E-state index in [-0.39, 0.29) is 10.9 Å². The van der Waals surface area contributed by atoms with Gasteiger partial charge in [0.25, 0.3) is 5.91 Å². The van der Waals surface area contributed by atoms with E-state index >= 15 is 0 Å². The van der Waals surface area contributed by atoms with Crippen molar-refractivity contribution >= 4 is 22.9 Å². The number of nitrogens with two attached hydrogens (primary N) is 1. The molecule has 3 heterocycles. The number of fused-ring (bicyclic) bond motifs is 1. The summed E-state index contributed by atoms with van der Waals surface area (Å²) in [6.07, 6.45) is 3.85. The molecule has 0 spiro atoms. The number of primary amides is 1. The van der Waals surface area contributed by atoms with Crippen LogP contribution < -0.4 is 16.2 Å². The van der Waals surface area contributed by atoms with Crippen molar-refractivity contribution in [2.45, 2.75) is 13.3 Å². The molecule has 1 aliphatic heterocycles. The Morgan fingerprint density at radius 1 is 1.23 bits per heavy atom. The van der Waals surface area contributed by atoms with Crippen molar-refractivity contribution in [1.29, 1.82) is 0 Å². The first kappa shape index (κ1) is 20.0. The van der Waals surface area contributed by atoms with Gasteiger partial charge in [-0.15, -0.1) is 0 Å². The second-order valence-electron chi connectivity index (χ2n) is 7.04. The van der Waals surface area contributed by atoms with Crippen LogP contribution in [0.2, 0.25) is 0 Å². The number of benzene rings is 1. The van der Waals surface area contributed by atoms with E-state index in [1.807, 2.05) is 35.3 Å². The third-order valence-corrected chi connectivity index (χ3v) is 5.03. The fourth-order valence-electron chi connectivity index (χ4n) is 3.56. The highest BCUT2D eigenvalue weighted by atomic mass is 16.5. The zero-order chi connectivity index (χ0) is 21.1. The van der Waals surface area contributed by atoms with Gasteiger partial charge in [0.2, 0.25) is 11.4 Å². The molecule has 1 saturated heterocycles. The average molecular weight is 408 g/mol. The number of aromatic nitrogens is 3. The van der Waals surface area contributed by atoms with Gasteiger partial charge in [-0.25, -0.2) is 9.99 Å². The Morgan fingerprint density at radius 3 is 2.63 bits per heavy atom. The molecule has 2 aromatic heterocycles. The monoisotopic (exact) mass is 408 g/mol. The fourth-order valence-corrected chi connectivity index (χ4v) is 3.56. The van der Waals surface area contributed by atoms with Crippen molar-refractivity contribution in [2.24, 2.45) is 5.73 Å². The third kappa shape index (κ3) is 3.77. The van der Waals surface area contributed by atoms with E-state index < -0.39 is 11.3 Å². The van der Waals surface area contributed by atoms with Crippen LogP contribution in [0.25, 0.3) is 16.7 Å². The van der Waals surface area contributed by atoms with Gasteiger partial charge >= 0.3 is 0 Å². The maximum absolute atomic E-state index is 12.8. The standard InChI is InChI=1S/C21H24N6O3/c1-2-8-27(25-9-11-30-12-10-25)21-23-13-16-18(28)17(19(22)29)14-26(20(16)24-21)15-6-4-3-5-7-15/h3-7,13-14H,2,8-12H2,1H3,(H2,22,29). The smallest absolute Gasteiger partial charge is 0.254 e. The Morgan fingerprint density at radius 2 is 1.97 bits per heavy atom. The van der Waals surface area contributed by atoms with E-state index in [2.05, 4.69) is 16.9 Å². The second kappa shape index (κ2) is 8.60.